The summed E-state index contributed by atoms with van der Waals surface area (Å²) >= 11 is 0. The first-order valence-corrected chi connectivity index (χ1v) is 5.28. The maximum absolute atomic E-state index is 2.31. The van der Waals surface area contributed by atoms with Crippen LogP contribution in [0.2, 0.25) is 0 Å². The summed E-state index contributed by atoms with van der Waals surface area (Å²) < 4.78 is 0. The fraction of sp³-hybridized carbons (Fsp3) is 0.462. The van der Waals surface area contributed by atoms with E-state index in [0.717, 1.165) is 12.8 Å². The van der Waals surface area contributed by atoms with Crippen molar-refractivity contribution in [3.05, 3.63) is 42.9 Å². The molecule has 0 aromatic rings. The third-order valence-electron chi connectivity index (χ3n) is 2.15. The molecule has 71 valence electrons. The monoisotopic (exact) mass is 175 g/mol. The van der Waals surface area contributed by atoms with Gasteiger partial charge in [0.2, 0.25) is 0 Å². The Morgan fingerprint density at radius 1 is 0.615 bits per heavy atom. The van der Waals surface area contributed by atoms with Crippen LogP contribution in [0.5, 0.6) is 0 Å². The van der Waals surface area contributed by atoms with Gasteiger partial charge in [-0.3, -0.25) is 0 Å². The summed E-state index contributed by atoms with van der Waals surface area (Å²) in [7, 11) is 0. The van der Waals surface area contributed by atoms with Gasteiger partial charge in [-0.25, -0.2) is 0 Å². The summed E-state index contributed by atoms with van der Waals surface area (Å²) in [5, 5.41) is 0. The molecule has 13 heavy (non-hydrogen) atoms. The molecular formula is C13H19. The quantitative estimate of drug-likeness (QED) is 0.484. The molecule has 1 radical (unpaired) electrons. The summed E-state index contributed by atoms with van der Waals surface area (Å²) in [4.78, 5) is 0. The average Bonchev–Trinajstić information content (AvgIpc) is 2.18. The maximum atomic E-state index is 2.31. The fourth-order valence-corrected chi connectivity index (χ4v) is 1.36. The van der Waals surface area contributed by atoms with Gasteiger partial charge in [-0.2, -0.15) is 0 Å². The summed E-state index contributed by atoms with van der Waals surface area (Å²) in [6.45, 7) is 0. The van der Waals surface area contributed by atoms with Crippen LogP contribution in [0.1, 0.15) is 38.5 Å². The van der Waals surface area contributed by atoms with E-state index in [0.29, 0.717) is 0 Å². The predicted octanol–water partition coefficient (Wildman–Crippen LogP) is 4.21. The van der Waals surface area contributed by atoms with Crippen LogP contribution in [0.4, 0.5) is 0 Å². The fourth-order valence-electron chi connectivity index (χ4n) is 1.36. The highest BCUT2D eigenvalue weighted by Gasteiger charge is 1.85. The zero-order valence-electron chi connectivity index (χ0n) is 8.28. The van der Waals surface area contributed by atoms with Gasteiger partial charge in [0.15, 0.2) is 0 Å². The molecule has 0 aromatic heterocycles. The topological polar surface area (TPSA) is 0 Å². The van der Waals surface area contributed by atoms with Crippen molar-refractivity contribution in [2.24, 2.45) is 0 Å². The number of hydrogen-bond acceptors (Lipinski definition) is 0. The molecule has 0 heterocycles. The van der Waals surface area contributed by atoms with Gasteiger partial charge in [-0.15, -0.1) is 0 Å². The van der Waals surface area contributed by atoms with E-state index in [1.165, 1.54) is 25.7 Å². The Hall–Kier alpha value is -0.780. The predicted molar refractivity (Wildman–Crippen MR) is 59.4 cm³/mol. The van der Waals surface area contributed by atoms with Crippen molar-refractivity contribution in [1.82, 2.24) is 0 Å². The second-order valence-corrected chi connectivity index (χ2v) is 3.37. The zero-order valence-corrected chi connectivity index (χ0v) is 8.28. The molecule has 0 aliphatic heterocycles. The van der Waals surface area contributed by atoms with E-state index in [1.807, 2.05) is 0 Å². The Bertz CT molecular complexity index is 184. The minimum absolute atomic E-state index is 1.09. The van der Waals surface area contributed by atoms with Crippen molar-refractivity contribution in [3.63, 3.8) is 0 Å². The van der Waals surface area contributed by atoms with Gasteiger partial charge in [0.05, 0.1) is 0 Å². The van der Waals surface area contributed by atoms with Crippen LogP contribution in [0.3, 0.4) is 0 Å². The average molecular weight is 175 g/mol. The molecule has 0 aromatic carbocycles. The molecule has 0 atom stereocenters. The molecule has 0 nitrogen and oxygen atoms in total. The number of allylic oxidation sites excluding steroid dienone is 6. The Morgan fingerprint density at radius 2 is 1.31 bits per heavy atom. The van der Waals surface area contributed by atoms with Gasteiger partial charge >= 0.3 is 0 Å². The lowest BCUT2D eigenvalue weighted by molar-refractivity contribution is 0.761. The summed E-state index contributed by atoms with van der Waals surface area (Å²) in [5.74, 6) is 0. The van der Waals surface area contributed by atoms with Gasteiger partial charge in [-0.05, 0) is 44.9 Å². The van der Waals surface area contributed by atoms with Crippen LogP contribution in [0, 0.1) is 6.42 Å². The lowest BCUT2D eigenvalue weighted by Crippen LogP contribution is -1.72. The van der Waals surface area contributed by atoms with Crippen LogP contribution in [-0.4, -0.2) is 0 Å². The molecule has 0 unspecified atom stereocenters. The molecule has 1 aliphatic carbocycles. The molecule has 0 N–H and O–H groups in total. The molecule has 0 heteroatoms. The smallest absolute Gasteiger partial charge is 0.0311 e. The standard InChI is InChI=1S/C13H19/c1-2-4-6-8-10-12-13-11-9-7-5-3-1/h1-4,7,11,13H,5-6,8-10,12H2. The summed E-state index contributed by atoms with van der Waals surface area (Å²) in [6.07, 6.45) is 23.0. The van der Waals surface area contributed by atoms with E-state index in [1.54, 1.807) is 0 Å². The minimum atomic E-state index is 1.09. The maximum Gasteiger partial charge on any atom is -0.0311 e. The summed E-state index contributed by atoms with van der Waals surface area (Å²) in [6, 6.07) is 0. The van der Waals surface area contributed by atoms with Crippen LogP contribution in [0.25, 0.3) is 0 Å². The molecule has 0 bridgehead atoms. The second kappa shape index (κ2) is 7.85. The van der Waals surface area contributed by atoms with Crippen molar-refractivity contribution in [1.29, 1.82) is 0 Å². The van der Waals surface area contributed by atoms with Crippen molar-refractivity contribution >= 4 is 0 Å². The first kappa shape index (κ1) is 10.3. The highest BCUT2D eigenvalue weighted by Crippen LogP contribution is 2.04. The van der Waals surface area contributed by atoms with E-state index < -0.39 is 0 Å². The molecule has 0 saturated carbocycles. The zero-order chi connectivity index (χ0) is 9.19. The lowest BCUT2D eigenvalue weighted by atomic mass is 10.1. The third-order valence-corrected chi connectivity index (χ3v) is 2.15. The van der Waals surface area contributed by atoms with Crippen molar-refractivity contribution in [2.45, 2.75) is 38.5 Å². The van der Waals surface area contributed by atoms with E-state index in [9.17, 15) is 0 Å². The van der Waals surface area contributed by atoms with Crippen LogP contribution >= 0.6 is 0 Å². The van der Waals surface area contributed by atoms with Gasteiger partial charge in [0, 0.05) is 0 Å². The highest BCUT2D eigenvalue weighted by atomic mass is 13.9. The van der Waals surface area contributed by atoms with E-state index in [-0.39, 0.29) is 0 Å². The highest BCUT2D eigenvalue weighted by molar-refractivity contribution is 5.04. The molecule has 1 rings (SSSR count). The second-order valence-electron chi connectivity index (χ2n) is 3.37. The minimum Gasteiger partial charge on any atom is -0.0885 e. The number of hydrogen-bond donors (Lipinski definition) is 0. The molecule has 0 spiro atoms. The SMILES string of the molecule is [CH]1CC=CC=CCCCCC=CC1. The molecule has 0 amide bonds. The third kappa shape index (κ3) is 6.39. The molecule has 0 saturated heterocycles. The normalized spacial score (nSPS) is 20.3. The van der Waals surface area contributed by atoms with Gasteiger partial charge in [0.25, 0.3) is 0 Å². The lowest BCUT2D eigenvalue weighted by Gasteiger charge is -1.92. The molecule has 0 fully saturated rings. The Labute approximate surface area is 82.0 Å². The molecular weight excluding hydrogens is 156 g/mol. The largest absolute Gasteiger partial charge is 0.0885 e. The Kier molecular flexibility index (Phi) is 6.22. The Morgan fingerprint density at radius 3 is 2.23 bits per heavy atom. The van der Waals surface area contributed by atoms with Crippen molar-refractivity contribution in [3.8, 4) is 0 Å². The van der Waals surface area contributed by atoms with Crippen molar-refractivity contribution in [2.75, 3.05) is 0 Å². The first-order valence-electron chi connectivity index (χ1n) is 5.28. The van der Waals surface area contributed by atoms with E-state index >= 15 is 0 Å². The van der Waals surface area contributed by atoms with Gasteiger partial charge < -0.3 is 0 Å². The van der Waals surface area contributed by atoms with Gasteiger partial charge in [0.1, 0.15) is 0 Å². The van der Waals surface area contributed by atoms with Crippen molar-refractivity contribution < 1.29 is 0 Å². The summed E-state index contributed by atoms with van der Waals surface area (Å²) in [5.41, 5.74) is 0. The van der Waals surface area contributed by atoms with E-state index in [2.05, 4.69) is 42.9 Å². The number of rotatable bonds is 0. The van der Waals surface area contributed by atoms with E-state index in [4.69, 9.17) is 0 Å². The Balaban J connectivity index is 2.28. The van der Waals surface area contributed by atoms with Crippen LogP contribution in [0.15, 0.2) is 36.5 Å². The van der Waals surface area contributed by atoms with Crippen LogP contribution < -0.4 is 0 Å². The first-order chi connectivity index (χ1) is 6.50. The van der Waals surface area contributed by atoms with Crippen LogP contribution in [-0.2, 0) is 0 Å². The molecule has 1 aliphatic rings. The van der Waals surface area contributed by atoms with Gasteiger partial charge in [-0.1, -0.05) is 36.5 Å².